The first kappa shape index (κ1) is 15.8. The Morgan fingerprint density at radius 3 is 2.81 bits per heavy atom. The molecule has 1 saturated heterocycles. The summed E-state index contributed by atoms with van der Waals surface area (Å²) in [6.07, 6.45) is 7.45. The zero-order valence-electron chi connectivity index (χ0n) is 13.2. The molecule has 114 valence electrons. The summed E-state index contributed by atoms with van der Waals surface area (Å²) in [6, 6.07) is 10.6. The van der Waals surface area contributed by atoms with Crippen LogP contribution in [-0.2, 0) is 4.79 Å². The van der Waals surface area contributed by atoms with Crippen LogP contribution in [0.25, 0.3) is 6.08 Å². The molecule has 1 heterocycles. The topological polar surface area (TPSA) is 23.6 Å². The Bertz CT molecular complexity index is 469. The van der Waals surface area contributed by atoms with Gasteiger partial charge in [0, 0.05) is 32.3 Å². The van der Waals surface area contributed by atoms with Crippen molar-refractivity contribution in [3.63, 3.8) is 0 Å². The standard InChI is InChI=1S/C18H26N2O/c1-16-8-6-7-13-20(16)15-14-19(2)18(21)12-11-17-9-4-3-5-10-17/h3-5,9-12,16H,6-8,13-15H2,1-2H3. The number of likely N-dealkylation sites (tertiary alicyclic amines) is 1. The SMILES string of the molecule is CC1CCCCN1CCN(C)C(=O)C=Cc1ccccc1. The minimum Gasteiger partial charge on any atom is -0.341 e. The fourth-order valence-electron chi connectivity index (χ4n) is 2.74. The Morgan fingerprint density at radius 2 is 2.10 bits per heavy atom. The van der Waals surface area contributed by atoms with Crippen molar-refractivity contribution in [1.82, 2.24) is 9.80 Å². The molecule has 1 atom stereocenters. The van der Waals surface area contributed by atoms with Crippen molar-refractivity contribution in [2.45, 2.75) is 32.2 Å². The van der Waals surface area contributed by atoms with Gasteiger partial charge in [-0.1, -0.05) is 36.8 Å². The Labute approximate surface area is 128 Å². The number of hydrogen-bond donors (Lipinski definition) is 0. The maximum Gasteiger partial charge on any atom is 0.246 e. The second-order valence-corrected chi connectivity index (χ2v) is 5.88. The highest BCUT2D eigenvalue weighted by molar-refractivity contribution is 5.91. The number of carbonyl (C=O) groups is 1. The van der Waals surface area contributed by atoms with Gasteiger partial charge in [0.05, 0.1) is 0 Å². The van der Waals surface area contributed by atoms with Gasteiger partial charge < -0.3 is 4.90 Å². The molecule has 0 aromatic heterocycles. The highest BCUT2D eigenvalue weighted by Gasteiger charge is 2.18. The Balaban J connectivity index is 1.78. The number of hydrogen-bond acceptors (Lipinski definition) is 2. The smallest absolute Gasteiger partial charge is 0.246 e. The van der Waals surface area contributed by atoms with Crippen molar-refractivity contribution < 1.29 is 4.79 Å². The molecule has 0 radical (unpaired) electrons. The van der Waals surface area contributed by atoms with Crippen LogP contribution in [0.3, 0.4) is 0 Å². The van der Waals surface area contributed by atoms with Crippen molar-refractivity contribution in [3.05, 3.63) is 42.0 Å². The molecular weight excluding hydrogens is 260 g/mol. The fraction of sp³-hybridized carbons (Fsp3) is 0.500. The van der Waals surface area contributed by atoms with Gasteiger partial charge in [-0.2, -0.15) is 0 Å². The monoisotopic (exact) mass is 286 g/mol. The van der Waals surface area contributed by atoms with Crippen molar-refractivity contribution in [2.75, 3.05) is 26.7 Å². The lowest BCUT2D eigenvalue weighted by Crippen LogP contribution is -2.42. The Hall–Kier alpha value is -1.61. The second-order valence-electron chi connectivity index (χ2n) is 5.88. The van der Waals surface area contributed by atoms with Crippen molar-refractivity contribution >= 4 is 12.0 Å². The molecule has 0 aliphatic carbocycles. The van der Waals surface area contributed by atoms with Crippen LogP contribution in [0, 0.1) is 0 Å². The van der Waals surface area contributed by atoms with Gasteiger partial charge in [0.1, 0.15) is 0 Å². The van der Waals surface area contributed by atoms with Gasteiger partial charge in [-0.05, 0) is 37.9 Å². The first-order chi connectivity index (χ1) is 10.2. The molecule has 1 aromatic carbocycles. The molecule has 1 aromatic rings. The molecule has 0 bridgehead atoms. The number of carbonyl (C=O) groups excluding carboxylic acids is 1. The van der Waals surface area contributed by atoms with Crippen LogP contribution in [-0.4, -0.2) is 48.4 Å². The lowest BCUT2D eigenvalue weighted by molar-refractivity contribution is -0.125. The number of nitrogens with zero attached hydrogens (tertiary/aromatic N) is 2. The van der Waals surface area contributed by atoms with E-state index in [1.165, 1.54) is 25.8 Å². The van der Waals surface area contributed by atoms with Crippen LogP contribution in [0.5, 0.6) is 0 Å². The minimum atomic E-state index is 0.0727. The second kappa shape index (κ2) is 7.99. The van der Waals surface area contributed by atoms with E-state index < -0.39 is 0 Å². The summed E-state index contributed by atoms with van der Waals surface area (Å²) < 4.78 is 0. The van der Waals surface area contributed by atoms with E-state index in [0.29, 0.717) is 6.04 Å². The molecule has 1 aliphatic heterocycles. The first-order valence-corrected chi connectivity index (χ1v) is 7.89. The van der Waals surface area contributed by atoms with Crippen molar-refractivity contribution in [3.8, 4) is 0 Å². The summed E-state index contributed by atoms with van der Waals surface area (Å²) >= 11 is 0. The van der Waals surface area contributed by atoms with Gasteiger partial charge in [0.15, 0.2) is 0 Å². The van der Waals surface area contributed by atoms with Gasteiger partial charge >= 0.3 is 0 Å². The average molecular weight is 286 g/mol. The van der Waals surface area contributed by atoms with E-state index in [4.69, 9.17) is 0 Å². The van der Waals surface area contributed by atoms with Gasteiger partial charge in [-0.3, -0.25) is 9.69 Å². The zero-order chi connectivity index (χ0) is 15.1. The van der Waals surface area contributed by atoms with Crippen LogP contribution in [0.2, 0.25) is 0 Å². The molecular formula is C18H26N2O. The molecule has 21 heavy (non-hydrogen) atoms. The van der Waals surface area contributed by atoms with E-state index in [1.807, 2.05) is 43.5 Å². The highest BCUT2D eigenvalue weighted by atomic mass is 16.2. The molecule has 1 unspecified atom stereocenters. The van der Waals surface area contributed by atoms with Crippen LogP contribution >= 0.6 is 0 Å². The van der Waals surface area contributed by atoms with E-state index in [9.17, 15) is 4.79 Å². The summed E-state index contributed by atoms with van der Waals surface area (Å²) in [6.45, 7) is 5.23. The molecule has 2 rings (SSSR count). The zero-order valence-corrected chi connectivity index (χ0v) is 13.2. The Kier molecular flexibility index (Phi) is 6.00. The van der Waals surface area contributed by atoms with Crippen molar-refractivity contribution in [2.24, 2.45) is 0 Å². The number of benzene rings is 1. The molecule has 0 saturated carbocycles. The summed E-state index contributed by atoms with van der Waals surface area (Å²) in [5.74, 6) is 0.0727. The van der Waals surface area contributed by atoms with Gasteiger partial charge in [-0.25, -0.2) is 0 Å². The van der Waals surface area contributed by atoms with E-state index in [0.717, 1.165) is 18.7 Å². The molecule has 0 spiro atoms. The van der Waals surface area contributed by atoms with Gasteiger partial charge in [0.25, 0.3) is 0 Å². The molecule has 3 nitrogen and oxygen atoms in total. The average Bonchev–Trinajstić information content (AvgIpc) is 2.52. The minimum absolute atomic E-state index is 0.0727. The van der Waals surface area contributed by atoms with E-state index in [2.05, 4.69) is 11.8 Å². The van der Waals surface area contributed by atoms with E-state index in [1.54, 1.807) is 11.0 Å². The number of likely N-dealkylation sites (N-methyl/N-ethyl adjacent to an activating group) is 1. The number of rotatable bonds is 5. The summed E-state index contributed by atoms with van der Waals surface area (Å²) in [7, 11) is 1.88. The van der Waals surface area contributed by atoms with Crippen LogP contribution in [0.15, 0.2) is 36.4 Å². The molecule has 0 N–H and O–H groups in total. The van der Waals surface area contributed by atoms with Gasteiger partial charge in [-0.15, -0.1) is 0 Å². The summed E-state index contributed by atoms with van der Waals surface area (Å²) in [5, 5.41) is 0. The number of amides is 1. The third-order valence-corrected chi connectivity index (χ3v) is 4.26. The third kappa shape index (κ3) is 5.01. The molecule has 3 heteroatoms. The van der Waals surface area contributed by atoms with Crippen molar-refractivity contribution in [1.29, 1.82) is 0 Å². The normalized spacial score (nSPS) is 19.8. The van der Waals surface area contributed by atoms with E-state index >= 15 is 0 Å². The summed E-state index contributed by atoms with van der Waals surface area (Å²) in [4.78, 5) is 16.4. The van der Waals surface area contributed by atoms with E-state index in [-0.39, 0.29) is 5.91 Å². The maximum atomic E-state index is 12.1. The quantitative estimate of drug-likeness (QED) is 0.777. The third-order valence-electron chi connectivity index (χ3n) is 4.26. The maximum absolute atomic E-state index is 12.1. The number of piperidine rings is 1. The van der Waals surface area contributed by atoms with Gasteiger partial charge in [0.2, 0.25) is 5.91 Å². The molecule has 1 aliphatic rings. The van der Waals surface area contributed by atoms with Crippen LogP contribution in [0.1, 0.15) is 31.7 Å². The highest BCUT2D eigenvalue weighted by Crippen LogP contribution is 2.15. The first-order valence-electron chi connectivity index (χ1n) is 7.89. The van der Waals surface area contributed by atoms with Crippen LogP contribution in [0.4, 0.5) is 0 Å². The molecule has 1 amide bonds. The lowest BCUT2D eigenvalue weighted by Gasteiger charge is -2.34. The lowest BCUT2D eigenvalue weighted by atomic mass is 10.0. The summed E-state index contributed by atoms with van der Waals surface area (Å²) in [5.41, 5.74) is 1.06. The predicted octanol–water partition coefficient (Wildman–Crippen LogP) is 3.03. The predicted molar refractivity (Wildman–Crippen MR) is 88.0 cm³/mol. The Morgan fingerprint density at radius 1 is 1.33 bits per heavy atom. The molecule has 1 fully saturated rings. The van der Waals surface area contributed by atoms with Crippen LogP contribution < -0.4 is 0 Å². The fourth-order valence-corrected chi connectivity index (χ4v) is 2.74. The largest absolute Gasteiger partial charge is 0.341 e.